The smallest absolute Gasteiger partial charge is 0.264 e. The third-order valence-corrected chi connectivity index (χ3v) is 6.16. The van der Waals surface area contributed by atoms with E-state index in [2.05, 4.69) is 53.7 Å². The minimum absolute atomic E-state index is 0.0282. The van der Waals surface area contributed by atoms with Crippen molar-refractivity contribution >= 4 is 33.3 Å². The maximum Gasteiger partial charge on any atom is 0.264 e. The Morgan fingerprint density at radius 3 is 2.53 bits per heavy atom. The van der Waals surface area contributed by atoms with Crippen molar-refractivity contribution in [1.82, 2.24) is 9.97 Å². The van der Waals surface area contributed by atoms with E-state index < -0.39 is 10.0 Å². The minimum atomic E-state index is -3.91. The molecule has 0 saturated carbocycles. The van der Waals surface area contributed by atoms with E-state index >= 15 is 0 Å². The molecule has 0 aliphatic heterocycles. The van der Waals surface area contributed by atoms with Gasteiger partial charge in [-0.2, -0.15) is 0 Å². The number of benzene rings is 2. The molecule has 0 spiro atoms. The van der Waals surface area contributed by atoms with E-state index in [0.717, 1.165) is 24.0 Å². The molecule has 0 radical (unpaired) electrons. The summed E-state index contributed by atoms with van der Waals surface area (Å²) >= 11 is 6.23. The first-order valence-corrected chi connectivity index (χ1v) is 11.6. The molecule has 3 N–H and O–H groups in total. The van der Waals surface area contributed by atoms with Gasteiger partial charge in [0.05, 0.1) is 10.6 Å². The number of sulfonamides is 1. The van der Waals surface area contributed by atoms with E-state index in [0.29, 0.717) is 11.4 Å². The quantitative estimate of drug-likeness (QED) is 0.382. The lowest BCUT2D eigenvalue weighted by atomic mass is 9.92. The number of halogens is 1. The molecule has 158 valence electrons. The normalized spacial score (nSPS) is 11.6. The Kier molecular flexibility index (Phi) is 6.63. The molecular weight excluding hydrogens is 420 g/mol. The van der Waals surface area contributed by atoms with Crippen LogP contribution in [0.2, 0.25) is 5.15 Å². The Balaban J connectivity index is 2.05. The van der Waals surface area contributed by atoms with Gasteiger partial charge in [-0.3, -0.25) is 0 Å². The van der Waals surface area contributed by atoms with E-state index in [4.69, 9.17) is 17.3 Å². The van der Waals surface area contributed by atoms with Gasteiger partial charge in [-0.05, 0) is 47.7 Å². The topological polar surface area (TPSA) is 98.0 Å². The van der Waals surface area contributed by atoms with Gasteiger partial charge in [0.25, 0.3) is 10.0 Å². The number of nitrogen functional groups attached to an aromatic ring is 1. The first-order valence-electron chi connectivity index (χ1n) is 9.75. The maximum absolute atomic E-state index is 12.7. The predicted molar refractivity (Wildman–Crippen MR) is 122 cm³/mol. The van der Waals surface area contributed by atoms with Gasteiger partial charge in [-0.1, -0.05) is 57.0 Å². The number of nitrogens with zero attached hydrogens (tertiary/aromatic N) is 2. The zero-order valence-electron chi connectivity index (χ0n) is 17.2. The van der Waals surface area contributed by atoms with Crippen LogP contribution in [0.1, 0.15) is 44.2 Å². The van der Waals surface area contributed by atoms with Crippen molar-refractivity contribution in [2.24, 2.45) is 0 Å². The van der Waals surface area contributed by atoms with E-state index in [1.54, 1.807) is 18.2 Å². The molecule has 0 aliphatic carbocycles. The largest absolute Gasteiger partial charge is 0.399 e. The predicted octanol–water partition coefficient (Wildman–Crippen LogP) is 5.26. The molecule has 0 bridgehead atoms. The van der Waals surface area contributed by atoms with Gasteiger partial charge in [0.15, 0.2) is 0 Å². The van der Waals surface area contributed by atoms with Crippen LogP contribution in [0, 0.1) is 0 Å². The van der Waals surface area contributed by atoms with Crippen LogP contribution in [0.5, 0.6) is 0 Å². The zero-order chi connectivity index (χ0) is 21.9. The Hall–Kier alpha value is -2.64. The van der Waals surface area contributed by atoms with Crippen molar-refractivity contribution < 1.29 is 8.42 Å². The van der Waals surface area contributed by atoms with Gasteiger partial charge in [0, 0.05) is 17.3 Å². The molecule has 3 aromatic rings. The third-order valence-electron chi connectivity index (χ3n) is 4.64. The molecular formula is C22H25ClN4O2S. The molecule has 0 unspecified atom stereocenters. The lowest BCUT2D eigenvalue weighted by Crippen LogP contribution is -2.15. The Morgan fingerprint density at radius 2 is 1.87 bits per heavy atom. The summed E-state index contributed by atoms with van der Waals surface area (Å²) in [6, 6.07) is 14.0. The summed E-state index contributed by atoms with van der Waals surface area (Å²) in [5.74, 6) is 0.173. The molecule has 2 aromatic carbocycles. The molecule has 6 nitrogen and oxygen atoms in total. The lowest BCUT2D eigenvalue weighted by molar-refractivity contribution is 0.601. The van der Waals surface area contributed by atoms with Crippen LogP contribution >= 0.6 is 11.6 Å². The van der Waals surface area contributed by atoms with Crippen molar-refractivity contribution in [3.05, 3.63) is 64.8 Å². The molecule has 3 rings (SSSR count). The van der Waals surface area contributed by atoms with Crippen LogP contribution in [0.25, 0.3) is 11.3 Å². The summed E-state index contributed by atoms with van der Waals surface area (Å²) in [4.78, 5) is 8.55. The minimum Gasteiger partial charge on any atom is -0.399 e. The zero-order valence-corrected chi connectivity index (χ0v) is 18.8. The van der Waals surface area contributed by atoms with Crippen molar-refractivity contribution in [3.63, 3.8) is 0 Å². The van der Waals surface area contributed by atoms with Crippen LogP contribution in [-0.4, -0.2) is 18.4 Å². The van der Waals surface area contributed by atoms with Gasteiger partial charge >= 0.3 is 0 Å². The van der Waals surface area contributed by atoms with Crippen LogP contribution in [0.4, 0.5) is 11.6 Å². The second kappa shape index (κ2) is 9.02. The molecule has 0 atom stereocenters. The highest BCUT2D eigenvalue weighted by molar-refractivity contribution is 7.92. The number of nitrogens with two attached hydrogens (primary N) is 1. The van der Waals surface area contributed by atoms with Crippen molar-refractivity contribution in [2.45, 2.75) is 44.4 Å². The maximum atomic E-state index is 12.7. The van der Waals surface area contributed by atoms with Gasteiger partial charge in [0.1, 0.15) is 5.15 Å². The Bertz CT molecular complexity index is 1160. The molecule has 0 saturated heterocycles. The summed E-state index contributed by atoms with van der Waals surface area (Å²) in [5.41, 5.74) is 9.85. The van der Waals surface area contributed by atoms with Crippen LogP contribution in [0.15, 0.2) is 53.4 Å². The summed E-state index contributed by atoms with van der Waals surface area (Å²) in [7, 11) is -3.91. The lowest BCUT2D eigenvalue weighted by Gasteiger charge is -2.15. The number of rotatable bonds is 7. The number of nitrogens with one attached hydrogen (secondary N) is 1. The van der Waals surface area contributed by atoms with E-state index in [-0.39, 0.29) is 21.9 Å². The summed E-state index contributed by atoms with van der Waals surface area (Å²) in [6.45, 7) is 6.33. The highest BCUT2D eigenvalue weighted by atomic mass is 35.5. The fourth-order valence-electron chi connectivity index (χ4n) is 3.23. The van der Waals surface area contributed by atoms with E-state index in [1.165, 1.54) is 17.7 Å². The average Bonchev–Trinajstić information content (AvgIpc) is 2.67. The van der Waals surface area contributed by atoms with Crippen molar-refractivity contribution in [3.8, 4) is 11.3 Å². The molecule has 8 heteroatoms. The molecule has 1 aromatic heterocycles. The number of aromatic nitrogens is 2. The van der Waals surface area contributed by atoms with Gasteiger partial charge in [-0.25, -0.2) is 23.1 Å². The standard InChI is InChI=1S/C22H25ClN4O2S/c1-4-6-15-9-10-18(14(2)3)19(11-15)20-13-21(23)26-22(25-20)27-30(28,29)17-8-5-7-16(24)12-17/h5,7-14H,4,6,24H2,1-3H3,(H,25,26,27). The van der Waals surface area contributed by atoms with Crippen LogP contribution < -0.4 is 10.5 Å². The van der Waals surface area contributed by atoms with E-state index in [1.807, 2.05) is 0 Å². The third kappa shape index (κ3) is 5.09. The monoisotopic (exact) mass is 444 g/mol. The number of hydrogen-bond donors (Lipinski definition) is 2. The van der Waals surface area contributed by atoms with Gasteiger partial charge in [-0.15, -0.1) is 0 Å². The second-order valence-electron chi connectivity index (χ2n) is 7.40. The van der Waals surface area contributed by atoms with Gasteiger partial charge < -0.3 is 5.73 Å². The molecule has 0 aliphatic rings. The molecule has 30 heavy (non-hydrogen) atoms. The highest BCUT2D eigenvalue weighted by Gasteiger charge is 2.18. The van der Waals surface area contributed by atoms with Gasteiger partial charge in [0.2, 0.25) is 5.95 Å². The van der Waals surface area contributed by atoms with Crippen LogP contribution in [-0.2, 0) is 16.4 Å². The first kappa shape index (κ1) is 22.1. The average molecular weight is 445 g/mol. The summed E-state index contributed by atoms with van der Waals surface area (Å²) in [6.07, 6.45) is 1.97. The fourth-order valence-corrected chi connectivity index (χ4v) is 4.42. The van der Waals surface area contributed by atoms with Crippen molar-refractivity contribution in [1.29, 1.82) is 0 Å². The Morgan fingerprint density at radius 1 is 1.10 bits per heavy atom. The number of aryl methyl sites for hydroxylation is 1. The summed E-state index contributed by atoms with van der Waals surface area (Å²) < 4.78 is 27.9. The van der Waals surface area contributed by atoms with Crippen LogP contribution in [0.3, 0.4) is 0 Å². The SMILES string of the molecule is CCCc1ccc(C(C)C)c(-c2cc(Cl)nc(NS(=O)(=O)c3cccc(N)c3)n2)c1. The van der Waals surface area contributed by atoms with Crippen molar-refractivity contribution in [2.75, 3.05) is 10.5 Å². The number of anilines is 2. The summed E-state index contributed by atoms with van der Waals surface area (Å²) in [5, 5.41) is 0.154. The number of hydrogen-bond acceptors (Lipinski definition) is 5. The molecule has 0 fully saturated rings. The molecule has 1 heterocycles. The second-order valence-corrected chi connectivity index (χ2v) is 9.47. The Labute approximate surface area is 182 Å². The molecule has 0 amide bonds. The highest BCUT2D eigenvalue weighted by Crippen LogP contribution is 2.31. The fraction of sp³-hybridized carbons (Fsp3) is 0.273. The van der Waals surface area contributed by atoms with E-state index in [9.17, 15) is 8.42 Å². The first-order chi connectivity index (χ1) is 14.2.